The van der Waals surface area contributed by atoms with Gasteiger partial charge in [-0.3, -0.25) is 0 Å². The van der Waals surface area contributed by atoms with Crippen molar-refractivity contribution in [2.24, 2.45) is 0 Å². The first kappa shape index (κ1) is 8.83. The van der Waals surface area contributed by atoms with Gasteiger partial charge in [-0.25, -0.2) is 0 Å². The van der Waals surface area contributed by atoms with Crippen molar-refractivity contribution >= 4 is 10.9 Å². The third-order valence-corrected chi connectivity index (χ3v) is 2.33. The summed E-state index contributed by atoms with van der Waals surface area (Å²) in [6.45, 7) is 2.16. The Balaban J connectivity index is 2.50. The highest BCUT2D eigenvalue weighted by atomic mass is 14.7. The van der Waals surface area contributed by atoms with Crippen molar-refractivity contribution in [2.75, 3.05) is 0 Å². The monoisotopic (exact) mass is 184 g/mol. The third kappa shape index (κ3) is 1.49. The van der Waals surface area contributed by atoms with Crippen LogP contribution in [-0.4, -0.2) is 4.98 Å². The highest BCUT2D eigenvalue weighted by molar-refractivity contribution is 5.81. The molecule has 0 aliphatic rings. The second-order valence-corrected chi connectivity index (χ2v) is 3.46. The summed E-state index contributed by atoms with van der Waals surface area (Å²) in [5, 5.41) is 9.93. The van der Waals surface area contributed by atoms with Gasteiger partial charge in [0.05, 0.1) is 11.6 Å². The molecule has 0 bridgehead atoms. The Morgan fingerprint density at radius 2 is 2.21 bits per heavy atom. The smallest absolute Gasteiger partial charge is 0.0992 e. The predicted molar refractivity (Wildman–Crippen MR) is 57.0 cm³/mol. The number of H-pyrrole nitrogens is 1. The molecule has 0 aliphatic carbocycles. The van der Waals surface area contributed by atoms with Gasteiger partial charge in [-0.2, -0.15) is 5.26 Å². The molecule has 1 heterocycles. The maximum atomic E-state index is 8.74. The Kier molecular flexibility index (Phi) is 2.24. The van der Waals surface area contributed by atoms with Gasteiger partial charge in [-0.05, 0) is 30.0 Å². The fourth-order valence-corrected chi connectivity index (χ4v) is 1.66. The van der Waals surface area contributed by atoms with Crippen LogP contribution in [0.1, 0.15) is 24.6 Å². The van der Waals surface area contributed by atoms with E-state index in [9.17, 15) is 0 Å². The van der Waals surface area contributed by atoms with Crippen LogP contribution in [0.15, 0.2) is 24.3 Å². The average Bonchev–Trinajstić information content (AvgIpc) is 2.59. The van der Waals surface area contributed by atoms with Crippen molar-refractivity contribution in [3.63, 3.8) is 0 Å². The van der Waals surface area contributed by atoms with Gasteiger partial charge in [-0.1, -0.05) is 19.4 Å². The van der Waals surface area contributed by atoms with Gasteiger partial charge in [0.15, 0.2) is 0 Å². The maximum absolute atomic E-state index is 8.74. The van der Waals surface area contributed by atoms with Crippen LogP contribution in [0.25, 0.3) is 10.9 Å². The molecule has 1 N–H and O–H groups in total. The lowest BCUT2D eigenvalue weighted by Gasteiger charge is -1.90. The van der Waals surface area contributed by atoms with E-state index >= 15 is 0 Å². The van der Waals surface area contributed by atoms with Crippen molar-refractivity contribution in [2.45, 2.75) is 19.8 Å². The molecule has 0 radical (unpaired) electrons. The minimum absolute atomic E-state index is 0.711. The van der Waals surface area contributed by atoms with E-state index in [1.54, 1.807) is 0 Å². The van der Waals surface area contributed by atoms with Gasteiger partial charge >= 0.3 is 0 Å². The molecule has 2 rings (SSSR count). The summed E-state index contributed by atoms with van der Waals surface area (Å²) < 4.78 is 0. The SMILES string of the molecule is CCCc1cc2ccc(C#N)cc2[nH]1. The number of aromatic nitrogens is 1. The second kappa shape index (κ2) is 3.55. The molecule has 0 atom stereocenters. The van der Waals surface area contributed by atoms with Crippen LogP contribution >= 0.6 is 0 Å². The van der Waals surface area contributed by atoms with E-state index in [0.29, 0.717) is 5.56 Å². The predicted octanol–water partition coefficient (Wildman–Crippen LogP) is 2.99. The molecule has 1 aromatic heterocycles. The average molecular weight is 184 g/mol. The Hall–Kier alpha value is -1.75. The second-order valence-electron chi connectivity index (χ2n) is 3.46. The number of nitriles is 1. The number of rotatable bonds is 2. The molecular weight excluding hydrogens is 172 g/mol. The van der Waals surface area contributed by atoms with Gasteiger partial charge < -0.3 is 4.98 Å². The molecule has 0 spiro atoms. The fraction of sp³-hybridized carbons (Fsp3) is 0.250. The molecular formula is C12H12N2. The standard InChI is InChI=1S/C12H12N2/c1-2-3-11-7-10-5-4-9(8-13)6-12(10)14-11/h4-7,14H,2-3H2,1H3. The van der Waals surface area contributed by atoms with Gasteiger partial charge in [-0.15, -0.1) is 0 Å². The quantitative estimate of drug-likeness (QED) is 0.765. The van der Waals surface area contributed by atoms with E-state index in [4.69, 9.17) is 5.26 Å². The van der Waals surface area contributed by atoms with Crippen LogP contribution in [0.2, 0.25) is 0 Å². The number of nitrogens with zero attached hydrogens (tertiary/aromatic N) is 1. The molecule has 2 aromatic rings. The van der Waals surface area contributed by atoms with Crippen LogP contribution in [0.3, 0.4) is 0 Å². The number of aryl methyl sites for hydroxylation is 1. The lowest BCUT2D eigenvalue weighted by atomic mass is 10.2. The van der Waals surface area contributed by atoms with Crippen molar-refractivity contribution in [3.05, 3.63) is 35.5 Å². The van der Waals surface area contributed by atoms with E-state index in [-0.39, 0.29) is 0 Å². The normalized spacial score (nSPS) is 10.3. The van der Waals surface area contributed by atoms with Crippen LogP contribution < -0.4 is 0 Å². The Morgan fingerprint density at radius 3 is 2.93 bits per heavy atom. The number of aromatic amines is 1. The molecule has 0 amide bonds. The first-order chi connectivity index (χ1) is 6.83. The minimum Gasteiger partial charge on any atom is -0.358 e. The van der Waals surface area contributed by atoms with Gasteiger partial charge in [0.1, 0.15) is 0 Å². The van der Waals surface area contributed by atoms with Gasteiger partial charge in [0.2, 0.25) is 0 Å². The summed E-state index contributed by atoms with van der Waals surface area (Å²) >= 11 is 0. The van der Waals surface area contributed by atoms with E-state index < -0.39 is 0 Å². The van der Waals surface area contributed by atoms with Crippen molar-refractivity contribution in [3.8, 4) is 6.07 Å². The molecule has 14 heavy (non-hydrogen) atoms. The molecule has 0 saturated heterocycles. The van der Waals surface area contributed by atoms with Gasteiger partial charge in [0, 0.05) is 11.2 Å². The van der Waals surface area contributed by atoms with Crippen LogP contribution in [0.4, 0.5) is 0 Å². The Labute approximate surface area is 83.2 Å². The van der Waals surface area contributed by atoms with Crippen LogP contribution in [-0.2, 0) is 6.42 Å². The summed E-state index contributed by atoms with van der Waals surface area (Å²) in [6, 6.07) is 10.0. The largest absolute Gasteiger partial charge is 0.358 e. The minimum atomic E-state index is 0.711. The number of hydrogen-bond donors (Lipinski definition) is 1. The third-order valence-electron chi connectivity index (χ3n) is 2.33. The zero-order valence-corrected chi connectivity index (χ0v) is 8.17. The molecule has 2 heteroatoms. The topological polar surface area (TPSA) is 39.6 Å². The lowest BCUT2D eigenvalue weighted by molar-refractivity contribution is 0.896. The molecule has 0 unspecified atom stereocenters. The summed E-state index contributed by atoms with van der Waals surface area (Å²) in [5.74, 6) is 0. The van der Waals surface area contributed by atoms with E-state index in [0.717, 1.165) is 18.4 Å². The maximum Gasteiger partial charge on any atom is 0.0992 e. The molecule has 2 nitrogen and oxygen atoms in total. The summed E-state index contributed by atoms with van der Waals surface area (Å²) in [6.07, 6.45) is 2.20. The first-order valence-corrected chi connectivity index (χ1v) is 4.85. The zero-order chi connectivity index (χ0) is 9.97. The zero-order valence-electron chi connectivity index (χ0n) is 8.17. The summed E-state index contributed by atoms with van der Waals surface area (Å²) in [7, 11) is 0. The van der Waals surface area contributed by atoms with Crippen LogP contribution in [0, 0.1) is 11.3 Å². The molecule has 0 fully saturated rings. The van der Waals surface area contributed by atoms with E-state index in [1.807, 2.05) is 18.2 Å². The van der Waals surface area contributed by atoms with Crippen molar-refractivity contribution < 1.29 is 0 Å². The molecule has 0 aliphatic heterocycles. The fourth-order valence-electron chi connectivity index (χ4n) is 1.66. The first-order valence-electron chi connectivity index (χ1n) is 4.85. The van der Waals surface area contributed by atoms with E-state index in [1.165, 1.54) is 11.1 Å². The summed E-state index contributed by atoms with van der Waals surface area (Å²) in [5.41, 5.74) is 3.02. The Bertz CT molecular complexity index is 488. The number of hydrogen-bond acceptors (Lipinski definition) is 1. The molecule has 1 aromatic carbocycles. The van der Waals surface area contributed by atoms with Crippen LogP contribution in [0.5, 0.6) is 0 Å². The van der Waals surface area contributed by atoms with Crippen molar-refractivity contribution in [1.29, 1.82) is 5.26 Å². The highest BCUT2D eigenvalue weighted by Gasteiger charge is 2.00. The van der Waals surface area contributed by atoms with E-state index in [2.05, 4.69) is 24.0 Å². The Morgan fingerprint density at radius 1 is 1.36 bits per heavy atom. The molecule has 0 saturated carbocycles. The number of fused-ring (bicyclic) bond motifs is 1. The highest BCUT2D eigenvalue weighted by Crippen LogP contribution is 2.17. The van der Waals surface area contributed by atoms with Gasteiger partial charge in [0.25, 0.3) is 0 Å². The van der Waals surface area contributed by atoms with Crippen molar-refractivity contribution in [1.82, 2.24) is 4.98 Å². The lowest BCUT2D eigenvalue weighted by Crippen LogP contribution is -1.80. The summed E-state index contributed by atoms with van der Waals surface area (Å²) in [4.78, 5) is 3.32. The number of nitrogens with one attached hydrogen (secondary N) is 1. The number of benzene rings is 1. The molecule has 70 valence electrons.